The molecular formula is C17H26N2O. The van der Waals surface area contributed by atoms with E-state index in [1.807, 2.05) is 6.07 Å². The van der Waals surface area contributed by atoms with Crippen LogP contribution in [0.3, 0.4) is 0 Å². The Morgan fingerprint density at radius 2 is 1.85 bits per heavy atom. The van der Waals surface area contributed by atoms with Crippen LogP contribution >= 0.6 is 0 Å². The average molecular weight is 274 g/mol. The zero-order valence-electron chi connectivity index (χ0n) is 13.1. The fraction of sp³-hybridized carbons (Fsp3) is 0.588. The Kier molecular flexibility index (Phi) is 4.36. The van der Waals surface area contributed by atoms with E-state index in [-0.39, 0.29) is 11.4 Å². The fourth-order valence-electron chi connectivity index (χ4n) is 2.94. The molecule has 110 valence electrons. The van der Waals surface area contributed by atoms with E-state index >= 15 is 0 Å². The maximum absolute atomic E-state index is 12.4. The summed E-state index contributed by atoms with van der Waals surface area (Å²) < 4.78 is 0. The molecule has 0 saturated carbocycles. The van der Waals surface area contributed by atoms with Crippen LogP contribution in [-0.4, -0.2) is 36.0 Å². The third kappa shape index (κ3) is 3.33. The first kappa shape index (κ1) is 14.9. The molecule has 0 bridgehead atoms. The molecule has 20 heavy (non-hydrogen) atoms. The van der Waals surface area contributed by atoms with Crippen LogP contribution < -0.4 is 4.90 Å². The van der Waals surface area contributed by atoms with Gasteiger partial charge in [-0.25, -0.2) is 0 Å². The molecule has 0 aliphatic carbocycles. The summed E-state index contributed by atoms with van der Waals surface area (Å²) in [6.45, 7) is 11.2. The van der Waals surface area contributed by atoms with E-state index in [1.165, 1.54) is 5.69 Å². The van der Waals surface area contributed by atoms with Gasteiger partial charge in [-0.15, -0.1) is 0 Å². The third-order valence-electron chi connectivity index (χ3n) is 3.91. The van der Waals surface area contributed by atoms with E-state index in [0.717, 1.165) is 19.6 Å². The summed E-state index contributed by atoms with van der Waals surface area (Å²) in [4.78, 5) is 16.8. The van der Waals surface area contributed by atoms with Crippen molar-refractivity contribution >= 4 is 11.6 Å². The lowest BCUT2D eigenvalue weighted by atomic mass is 9.96. The Balaban J connectivity index is 2.07. The summed E-state index contributed by atoms with van der Waals surface area (Å²) in [7, 11) is 0. The lowest BCUT2D eigenvalue weighted by Gasteiger charge is -2.48. The van der Waals surface area contributed by atoms with Crippen LogP contribution in [0.4, 0.5) is 5.69 Å². The van der Waals surface area contributed by atoms with Crippen molar-refractivity contribution in [1.29, 1.82) is 0 Å². The van der Waals surface area contributed by atoms with Crippen LogP contribution in [0, 0.1) is 5.92 Å². The van der Waals surface area contributed by atoms with Crippen molar-refractivity contribution in [3.8, 4) is 0 Å². The molecule has 1 saturated heterocycles. The molecule has 1 aromatic carbocycles. The average Bonchev–Trinajstić information content (AvgIpc) is 2.37. The van der Waals surface area contributed by atoms with Crippen molar-refractivity contribution in [3.05, 3.63) is 30.3 Å². The van der Waals surface area contributed by atoms with Crippen LogP contribution in [0.2, 0.25) is 0 Å². The standard InChI is InChI=1S/C17H26N2O/c1-14(2)12-16(20)19-11-10-18(13-17(19,3)4)15-8-6-5-7-9-15/h5-9,14H,10-13H2,1-4H3. The highest BCUT2D eigenvalue weighted by molar-refractivity contribution is 5.77. The molecule has 0 radical (unpaired) electrons. The smallest absolute Gasteiger partial charge is 0.223 e. The lowest BCUT2D eigenvalue weighted by Crippen LogP contribution is -2.61. The predicted molar refractivity (Wildman–Crippen MR) is 83.9 cm³/mol. The molecule has 1 aromatic rings. The molecule has 1 heterocycles. The second kappa shape index (κ2) is 5.86. The monoisotopic (exact) mass is 274 g/mol. The first-order valence-corrected chi connectivity index (χ1v) is 7.50. The number of anilines is 1. The van der Waals surface area contributed by atoms with Gasteiger partial charge in [0.05, 0.1) is 5.54 Å². The van der Waals surface area contributed by atoms with Gasteiger partial charge in [0, 0.05) is 31.7 Å². The molecule has 0 aromatic heterocycles. The van der Waals surface area contributed by atoms with Gasteiger partial charge in [-0.3, -0.25) is 4.79 Å². The molecule has 3 heteroatoms. The molecule has 0 spiro atoms. The van der Waals surface area contributed by atoms with Crippen LogP contribution in [0.15, 0.2) is 30.3 Å². The van der Waals surface area contributed by atoms with Gasteiger partial charge in [0.15, 0.2) is 0 Å². The van der Waals surface area contributed by atoms with Crippen LogP contribution in [0.25, 0.3) is 0 Å². The summed E-state index contributed by atoms with van der Waals surface area (Å²) in [6.07, 6.45) is 0.648. The van der Waals surface area contributed by atoms with Crippen molar-refractivity contribution in [1.82, 2.24) is 4.90 Å². The maximum atomic E-state index is 12.4. The normalized spacial score (nSPS) is 18.4. The minimum Gasteiger partial charge on any atom is -0.367 e. The number of rotatable bonds is 3. The Morgan fingerprint density at radius 1 is 1.20 bits per heavy atom. The quantitative estimate of drug-likeness (QED) is 0.845. The number of para-hydroxylation sites is 1. The second-order valence-electron chi connectivity index (χ2n) is 6.71. The summed E-state index contributed by atoms with van der Waals surface area (Å²) in [5.74, 6) is 0.711. The number of piperazine rings is 1. The molecule has 1 amide bonds. The van der Waals surface area contributed by atoms with Crippen molar-refractivity contribution in [3.63, 3.8) is 0 Å². The molecule has 0 atom stereocenters. The summed E-state index contributed by atoms with van der Waals surface area (Å²) >= 11 is 0. The van der Waals surface area contributed by atoms with Gasteiger partial charge in [-0.2, -0.15) is 0 Å². The van der Waals surface area contributed by atoms with Crippen LogP contribution in [-0.2, 0) is 4.79 Å². The fourth-order valence-corrected chi connectivity index (χ4v) is 2.94. The number of nitrogens with zero attached hydrogens (tertiary/aromatic N) is 2. The predicted octanol–water partition coefficient (Wildman–Crippen LogP) is 3.16. The van der Waals surface area contributed by atoms with Crippen molar-refractivity contribution in [2.24, 2.45) is 5.92 Å². The van der Waals surface area contributed by atoms with Crippen LogP contribution in [0.5, 0.6) is 0 Å². The SMILES string of the molecule is CC(C)CC(=O)N1CCN(c2ccccc2)CC1(C)C. The molecule has 1 aliphatic rings. The van der Waals surface area contributed by atoms with Gasteiger partial charge in [0.25, 0.3) is 0 Å². The highest BCUT2D eigenvalue weighted by Crippen LogP contribution is 2.26. The highest BCUT2D eigenvalue weighted by atomic mass is 16.2. The molecule has 1 aliphatic heterocycles. The number of benzene rings is 1. The molecular weight excluding hydrogens is 248 g/mol. The van der Waals surface area contributed by atoms with Gasteiger partial charge >= 0.3 is 0 Å². The number of hydrogen-bond donors (Lipinski definition) is 0. The van der Waals surface area contributed by atoms with Gasteiger partial charge in [0.1, 0.15) is 0 Å². The molecule has 0 unspecified atom stereocenters. The lowest BCUT2D eigenvalue weighted by molar-refractivity contribution is -0.137. The number of hydrogen-bond acceptors (Lipinski definition) is 2. The van der Waals surface area contributed by atoms with Gasteiger partial charge in [-0.05, 0) is 31.9 Å². The van der Waals surface area contributed by atoms with Crippen molar-refractivity contribution < 1.29 is 4.79 Å². The van der Waals surface area contributed by atoms with Crippen molar-refractivity contribution in [2.75, 3.05) is 24.5 Å². The van der Waals surface area contributed by atoms with Gasteiger partial charge < -0.3 is 9.80 Å². The topological polar surface area (TPSA) is 23.6 Å². The van der Waals surface area contributed by atoms with Crippen LogP contribution in [0.1, 0.15) is 34.1 Å². The summed E-state index contributed by atoms with van der Waals surface area (Å²) in [6, 6.07) is 10.5. The van der Waals surface area contributed by atoms with Gasteiger partial charge in [-0.1, -0.05) is 32.0 Å². The number of carbonyl (C=O) groups is 1. The van der Waals surface area contributed by atoms with E-state index in [4.69, 9.17) is 0 Å². The second-order valence-corrected chi connectivity index (χ2v) is 6.71. The third-order valence-corrected chi connectivity index (χ3v) is 3.91. The van der Waals surface area contributed by atoms with E-state index in [1.54, 1.807) is 0 Å². The first-order valence-electron chi connectivity index (χ1n) is 7.50. The minimum atomic E-state index is -0.111. The zero-order valence-corrected chi connectivity index (χ0v) is 13.1. The minimum absolute atomic E-state index is 0.111. The zero-order chi connectivity index (χ0) is 14.8. The first-order chi connectivity index (χ1) is 9.40. The number of carbonyl (C=O) groups excluding carboxylic acids is 1. The molecule has 2 rings (SSSR count). The molecule has 1 fully saturated rings. The maximum Gasteiger partial charge on any atom is 0.223 e. The Morgan fingerprint density at radius 3 is 2.40 bits per heavy atom. The number of amides is 1. The Hall–Kier alpha value is -1.51. The summed E-state index contributed by atoms with van der Waals surface area (Å²) in [5, 5.41) is 0. The van der Waals surface area contributed by atoms with E-state index < -0.39 is 0 Å². The Bertz CT molecular complexity index is 453. The molecule has 3 nitrogen and oxygen atoms in total. The Labute approximate surface area is 122 Å². The van der Waals surface area contributed by atoms with Gasteiger partial charge in [0.2, 0.25) is 5.91 Å². The highest BCUT2D eigenvalue weighted by Gasteiger charge is 2.36. The largest absolute Gasteiger partial charge is 0.367 e. The summed E-state index contributed by atoms with van der Waals surface area (Å²) in [5.41, 5.74) is 1.14. The van der Waals surface area contributed by atoms with E-state index in [2.05, 4.69) is 61.8 Å². The van der Waals surface area contributed by atoms with Crippen molar-refractivity contribution in [2.45, 2.75) is 39.7 Å². The van der Waals surface area contributed by atoms with E-state index in [9.17, 15) is 4.79 Å². The molecule has 0 N–H and O–H groups in total. The van der Waals surface area contributed by atoms with E-state index in [0.29, 0.717) is 12.3 Å².